The highest BCUT2D eigenvalue weighted by atomic mass is 32.2. The molecular formula is C14H13F3N2S. The summed E-state index contributed by atoms with van der Waals surface area (Å²) in [7, 11) is 0. The van der Waals surface area contributed by atoms with Crippen molar-refractivity contribution in [3.05, 3.63) is 59.9 Å². The Morgan fingerprint density at radius 3 is 2.50 bits per heavy atom. The number of nitrogens with zero attached hydrogens (tertiary/aromatic N) is 1. The van der Waals surface area contributed by atoms with Gasteiger partial charge >= 0.3 is 6.18 Å². The standard InChI is InChI=1S/C14H13F3N2S/c15-14(16,17)12-6-7-19-8-11(12)13(18)9-20-10-4-2-1-3-5-10/h1-8,13H,9,18H2. The highest BCUT2D eigenvalue weighted by molar-refractivity contribution is 7.99. The van der Waals surface area contributed by atoms with E-state index >= 15 is 0 Å². The van der Waals surface area contributed by atoms with Gasteiger partial charge in [-0.05, 0) is 18.2 Å². The molecule has 1 aromatic carbocycles. The number of alkyl halides is 3. The number of halogens is 3. The van der Waals surface area contributed by atoms with Crippen LogP contribution in [-0.2, 0) is 6.18 Å². The molecule has 1 unspecified atom stereocenters. The molecule has 0 bridgehead atoms. The number of nitrogens with two attached hydrogens (primary N) is 1. The number of rotatable bonds is 4. The van der Waals surface area contributed by atoms with Crippen LogP contribution in [0.15, 0.2) is 53.7 Å². The molecule has 0 radical (unpaired) electrons. The average Bonchev–Trinajstić information content (AvgIpc) is 2.45. The molecule has 2 N–H and O–H groups in total. The van der Waals surface area contributed by atoms with E-state index in [1.807, 2.05) is 30.3 Å². The largest absolute Gasteiger partial charge is 0.416 e. The fourth-order valence-electron chi connectivity index (χ4n) is 1.75. The van der Waals surface area contributed by atoms with Crippen molar-refractivity contribution in [1.29, 1.82) is 0 Å². The molecule has 2 rings (SSSR count). The van der Waals surface area contributed by atoms with Crippen LogP contribution in [0.25, 0.3) is 0 Å². The van der Waals surface area contributed by atoms with Gasteiger partial charge in [-0.2, -0.15) is 13.2 Å². The first kappa shape index (κ1) is 14.9. The van der Waals surface area contributed by atoms with Gasteiger partial charge in [0.05, 0.1) is 5.56 Å². The maximum Gasteiger partial charge on any atom is 0.416 e. The lowest BCUT2D eigenvalue weighted by atomic mass is 10.0. The van der Waals surface area contributed by atoms with Crippen molar-refractivity contribution >= 4 is 11.8 Å². The van der Waals surface area contributed by atoms with Crippen LogP contribution in [0, 0.1) is 0 Å². The summed E-state index contributed by atoms with van der Waals surface area (Å²) in [6, 6.07) is 9.66. The van der Waals surface area contributed by atoms with Crippen LogP contribution >= 0.6 is 11.8 Å². The van der Waals surface area contributed by atoms with Crippen LogP contribution in [0.2, 0.25) is 0 Å². The first-order chi connectivity index (χ1) is 9.48. The summed E-state index contributed by atoms with van der Waals surface area (Å²) in [5.41, 5.74) is 5.20. The summed E-state index contributed by atoms with van der Waals surface area (Å²) < 4.78 is 38.6. The van der Waals surface area contributed by atoms with E-state index in [0.29, 0.717) is 5.75 Å². The van der Waals surface area contributed by atoms with Crippen molar-refractivity contribution in [2.75, 3.05) is 5.75 Å². The van der Waals surface area contributed by atoms with Crippen molar-refractivity contribution in [3.63, 3.8) is 0 Å². The predicted molar refractivity (Wildman–Crippen MR) is 73.3 cm³/mol. The maximum absolute atomic E-state index is 12.9. The van der Waals surface area contributed by atoms with Crippen molar-refractivity contribution in [2.24, 2.45) is 5.73 Å². The second kappa shape index (κ2) is 6.28. The normalized spacial score (nSPS) is 13.2. The number of benzene rings is 1. The third-order valence-electron chi connectivity index (χ3n) is 2.73. The van der Waals surface area contributed by atoms with E-state index < -0.39 is 17.8 Å². The Morgan fingerprint density at radius 1 is 1.15 bits per heavy atom. The third-order valence-corrected chi connectivity index (χ3v) is 3.86. The Balaban J connectivity index is 2.12. The van der Waals surface area contributed by atoms with Crippen LogP contribution < -0.4 is 5.73 Å². The summed E-state index contributed by atoms with van der Waals surface area (Å²) in [4.78, 5) is 4.72. The lowest BCUT2D eigenvalue weighted by molar-refractivity contribution is -0.138. The molecule has 20 heavy (non-hydrogen) atoms. The number of aromatic nitrogens is 1. The molecule has 2 aromatic rings. The molecular weight excluding hydrogens is 285 g/mol. The first-order valence-electron chi connectivity index (χ1n) is 5.93. The fourth-order valence-corrected chi connectivity index (χ4v) is 2.65. The first-order valence-corrected chi connectivity index (χ1v) is 6.91. The second-order valence-electron chi connectivity index (χ2n) is 4.19. The molecule has 2 nitrogen and oxygen atoms in total. The van der Waals surface area contributed by atoms with Gasteiger partial charge in [-0.15, -0.1) is 11.8 Å². The van der Waals surface area contributed by atoms with Crippen LogP contribution in [0.5, 0.6) is 0 Å². The second-order valence-corrected chi connectivity index (χ2v) is 5.28. The molecule has 0 saturated carbocycles. The minimum absolute atomic E-state index is 0.0310. The van der Waals surface area contributed by atoms with Crippen LogP contribution in [0.1, 0.15) is 17.2 Å². The van der Waals surface area contributed by atoms with Gasteiger partial charge in [-0.1, -0.05) is 18.2 Å². The van der Waals surface area contributed by atoms with Gasteiger partial charge in [0.2, 0.25) is 0 Å². The highest BCUT2D eigenvalue weighted by Crippen LogP contribution is 2.34. The van der Waals surface area contributed by atoms with Gasteiger partial charge in [0.1, 0.15) is 0 Å². The van der Waals surface area contributed by atoms with E-state index in [-0.39, 0.29) is 5.56 Å². The van der Waals surface area contributed by atoms with Crippen LogP contribution in [-0.4, -0.2) is 10.7 Å². The molecule has 1 heterocycles. The molecule has 0 aliphatic heterocycles. The zero-order valence-corrected chi connectivity index (χ0v) is 11.3. The van der Waals surface area contributed by atoms with E-state index in [0.717, 1.165) is 17.2 Å². The average molecular weight is 298 g/mol. The number of hydrogen-bond acceptors (Lipinski definition) is 3. The number of pyridine rings is 1. The quantitative estimate of drug-likeness (QED) is 0.870. The van der Waals surface area contributed by atoms with E-state index in [4.69, 9.17) is 5.73 Å². The maximum atomic E-state index is 12.9. The molecule has 0 aliphatic rings. The Hall–Kier alpha value is -1.53. The number of hydrogen-bond donors (Lipinski definition) is 1. The summed E-state index contributed by atoms with van der Waals surface area (Å²) in [6.45, 7) is 0. The smallest absolute Gasteiger partial charge is 0.323 e. The van der Waals surface area contributed by atoms with Crippen LogP contribution in [0.3, 0.4) is 0 Å². The third kappa shape index (κ3) is 3.74. The monoisotopic (exact) mass is 298 g/mol. The fraction of sp³-hybridized carbons (Fsp3) is 0.214. The topological polar surface area (TPSA) is 38.9 Å². The number of thioether (sulfide) groups is 1. The SMILES string of the molecule is NC(CSc1ccccc1)c1cnccc1C(F)(F)F. The molecule has 1 aromatic heterocycles. The molecule has 0 saturated heterocycles. The molecule has 0 fully saturated rings. The van der Waals surface area contributed by atoms with Crippen molar-refractivity contribution in [1.82, 2.24) is 4.98 Å². The van der Waals surface area contributed by atoms with Gasteiger partial charge in [-0.25, -0.2) is 0 Å². The molecule has 1 atom stereocenters. The van der Waals surface area contributed by atoms with E-state index in [2.05, 4.69) is 4.98 Å². The highest BCUT2D eigenvalue weighted by Gasteiger charge is 2.34. The zero-order chi connectivity index (χ0) is 14.6. The summed E-state index contributed by atoms with van der Waals surface area (Å²) in [6.07, 6.45) is -2.09. The van der Waals surface area contributed by atoms with Gasteiger partial charge in [0.15, 0.2) is 0 Å². The Labute approximate surface area is 119 Å². The molecule has 6 heteroatoms. The van der Waals surface area contributed by atoms with E-state index in [1.54, 1.807) is 0 Å². The van der Waals surface area contributed by atoms with Crippen LogP contribution in [0.4, 0.5) is 13.2 Å². The predicted octanol–water partition coefficient (Wildman–Crippen LogP) is 3.89. The Bertz CT molecular complexity index is 558. The van der Waals surface area contributed by atoms with Gasteiger partial charge in [0.25, 0.3) is 0 Å². The lowest BCUT2D eigenvalue weighted by Crippen LogP contribution is -2.19. The molecule has 0 spiro atoms. The summed E-state index contributed by atoms with van der Waals surface area (Å²) in [5, 5.41) is 0. The minimum atomic E-state index is -4.41. The Morgan fingerprint density at radius 2 is 1.85 bits per heavy atom. The molecule has 0 aliphatic carbocycles. The van der Waals surface area contributed by atoms with Crippen molar-refractivity contribution in [3.8, 4) is 0 Å². The van der Waals surface area contributed by atoms with Crippen molar-refractivity contribution in [2.45, 2.75) is 17.1 Å². The van der Waals surface area contributed by atoms with E-state index in [9.17, 15) is 13.2 Å². The van der Waals surface area contributed by atoms with E-state index in [1.165, 1.54) is 18.0 Å². The lowest BCUT2D eigenvalue weighted by Gasteiger charge is -2.17. The summed E-state index contributed by atoms with van der Waals surface area (Å²) in [5.74, 6) is 0.360. The van der Waals surface area contributed by atoms with Gasteiger partial charge < -0.3 is 5.73 Å². The van der Waals surface area contributed by atoms with Gasteiger partial charge in [0, 0.05) is 34.6 Å². The molecule has 106 valence electrons. The zero-order valence-electron chi connectivity index (χ0n) is 10.5. The Kier molecular flexibility index (Phi) is 4.67. The van der Waals surface area contributed by atoms with Crippen molar-refractivity contribution < 1.29 is 13.2 Å². The van der Waals surface area contributed by atoms with Gasteiger partial charge in [-0.3, -0.25) is 4.98 Å². The summed E-state index contributed by atoms with van der Waals surface area (Å²) >= 11 is 1.42. The minimum Gasteiger partial charge on any atom is -0.323 e. The molecule has 0 amide bonds.